The van der Waals surface area contributed by atoms with Gasteiger partial charge in [-0.3, -0.25) is 14.3 Å². The minimum atomic E-state index is -0.858. The third-order valence-electron chi connectivity index (χ3n) is 4.77. The Balaban J connectivity index is 2.00. The van der Waals surface area contributed by atoms with Crippen molar-refractivity contribution >= 4 is 34.3 Å². The summed E-state index contributed by atoms with van der Waals surface area (Å²) >= 11 is 6.15. The van der Waals surface area contributed by atoms with Gasteiger partial charge in [-0.25, -0.2) is 0 Å². The molecule has 0 spiro atoms. The molecule has 8 heteroatoms. The Morgan fingerprint density at radius 1 is 1.23 bits per heavy atom. The van der Waals surface area contributed by atoms with Crippen LogP contribution in [0, 0.1) is 16.7 Å². The number of carbonyl (C=O) groups excluding carboxylic acids is 2. The SMILES string of the molecule is CC(C)(C)[C@H](NC(=O)c1nn(Cc2ccc(C#N)cc2)c2ccc(Cl)cc12)C(N)=O. The van der Waals surface area contributed by atoms with Crippen LogP contribution in [0.5, 0.6) is 0 Å². The van der Waals surface area contributed by atoms with Gasteiger partial charge in [-0.1, -0.05) is 44.5 Å². The zero-order chi connectivity index (χ0) is 22.1. The molecule has 0 aliphatic rings. The number of nitrogens with two attached hydrogens (primary N) is 1. The van der Waals surface area contributed by atoms with E-state index < -0.39 is 23.3 Å². The number of primary amides is 1. The standard InChI is InChI=1S/C22H22ClN5O2/c1-22(2,3)19(20(25)29)26-21(30)18-16-10-15(23)8-9-17(16)28(27-18)12-14-6-4-13(11-24)5-7-14/h4-10,19H,12H2,1-3H3,(H2,25,29)(H,26,30)/t19-/m1/s1. The third-order valence-corrected chi connectivity index (χ3v) is 5.00. The van der Waals surface area contributed by atoms with Gasteiger partial charge < -0.3 is 11.1 Å². The zero-order valence-corrected chi connectivity index (χ0v) is 17.7. The largest absolute Gasteiger partial charge is 0.368 e. The summed E-state index contributed by atoms with van der Waals surface area (Å²) in [6.45, 7) is 5.86. The minimum absolute atomic E-state index is 0.164. The average Bonchev–Trinajstić information content (AvgIpc) is 3.03. The van der Waals surface area contributed by atoms with Gasteiger partial charge in [0, 0.05) is 10.4 Å². The Morgan fingerprint density at radius 2 is 1.90 bits per heavy atom. The van der Waals surface area contributed by atoms with E-state index in [0.29, 0.717) is 22.5 Å². The monoisotopic (exact) mass is 423 g/mol. The number of benzene rings is 2. The zero-order valence-electron chi connectivity index (χ0n) is 16.9. The number of hydrogen-bond donors (Lipinski definition) is 2. The van der Waals surface area contributed by atoms with E-state index in [-0.39, 0.29) is 5.69 Å². The summed E-state index contributed by atoms with van der Waals surface area (Å²) in [6, 6.07) is 13.5. The maximum Gasteiger partial charge on any atom is 0.273 e. The molecule has 0 aliphatic carbocycles. The molecule has 1 aromatic heterocycles. The Bertz CT molecular complexity index is 1150. The van der Waals surface area contributed by atoms with Crippen LogP contribution in [0.3, 0.4) is 0 Å². The van der Waals surface area contributed by atoms with Gasteiger partial charge in [0.1, 0.15) is 6.04 Å². The van der Waals surface area contributed by atoms with Crippen molar-refractivity contribution in [1.29, 1.82) is 5.26 Å². The summed E-state index contributed by atoms with van der Waals surface area (Å²) < 4.78 is 1.69. The molecular formula is C22H22ClN5O2. The first-order valence-electron chi connectivity index (χ1n) is 9.35. The predicted octanol–water partition coefficient (Wildman–Crippen LogP) is 3.24. The van der Waals surface area contributed by atoms with Crippen molar-refractivity contribution in [2.24, 2.45) is 11.1 Å². The summed E-state index contributed by atoms with van der Waals surface area (Å²) in [7, 11) is 0. The summed E-state index contributed by atoms with van der Waals surface area (Å²) in [5.41, 5.74) is 7.31. The molecular weight excluding hydrogens is 402 g/mol. The van der Waals surface area contributed by atoms with E-state index in [0.717, 1.165) is 11.1 Å². The molecule has 3 rings (SSSR count). The van der Waals surface area contributed by atoms with Crippen LogP contribution in [-0.2, 0) is 11.3 Å². The number of nitrogens with one attached hydrogen (secondary N) is 1. The summed E-state index contributed by atoms with van der Waals surface area (Å²) in [6.07, 6.45) is 0. The molecule has 0 radical (unpaired) electrons. The number of rotatable bonds is 5. The van der Waals surface area contributed by atoms with Gasteiger partial charge in [-0.15, -0.1) is 0 Å². The molecule has 0 aliphatic heterocycles. The van der Waals surface area contributed by atoms with Gasteiger partial charge in [0.15, 0.2) is 5.69 Å². The van der Waals surface area contributed by atoms with Crippen LogP contribution in [0.25, 0.3) is 10.9 Å². The fraction of sp³-hybridized carbons (Fsp3) is 0.273. The molecule has 2 amide bonds. The lowest BCUT2D eigenvalue weighted by Gasteiger charge is -2.28. The second-order valence-corrected chi connectivity index (χ2v) is 8.59. The smallest absolute Gasteiger partial charge is 0.273 e. The maximum absolute atomic E-state index is 13.0. The topological polar surface area (TPSA) is 114 Å². The number of halogens is 1. The Hall–Kier alpha value is -3.37. The van der Waals surface area contributed by atoms with Crippen molar-refractivity contribution < 1.29 is 9.59 Å². The summed E-state index contributed by atoms with van der Waals surface area (Å²) in [5.74, 6) is -1.12. The highest BCUT2D eigenvalue weighted by atomic mass is 35.5. The van der Waals surface area contributed by atoms with E-state index in [1.54, 1.807) is 35.0 Å². The molecule has 1 atom stereocenters. The molecule has 0 bridgehead atoms. The molecule has 30 heavy (non-hydrogen) atoms. The van der Waals surface area contributed by atoms with Crippen LogP contribution < -0.4 is 11.1 Å². The number of hydrogen-bond acceptors (Lipinski definition) is 4. The minimum Gasteiger partial charge on any atom is -0.368 e. The fourth-order valence-corrected chi connectivity index (χ4v) is 3.38. The van der Waals surface area contributed by atoms with E-state index in [1.807, 2.05) is 32.9 Å². The summed E-state index contributed by atoms with van der Waals surface area (Å²) in [5, 5.41) is 17.2. The first-order valence-corrected chi connectivity index (χ1v) is 9.73. The highest BCUT2D eigenvalue weighted by molar-refractivity contribution is 6.31. The first kappa shape index (κ1) is 21.3. The van der Waals surface area contributed by atoms with Crippen molar-refractivity contribution in [3.05, 3.63) is 64.3 Å². The normalized spacial score (nSPS) is 12.4. The molecule has 3 N–H and O–H groups in total. The lowest BCUT2D eigenvalue weighted by Crippen LogP contribution is -2.52. The average molecular weight is 424 g/mol. The second kappa shape index (κ2) is 8.17. The van der Waals surface area contributed by atoms with Crippen LogP contribution in [0.1, 0.15) is 42.4 Å². The molecule has 0 saturated heterocycles. The highest BCUT2D eigenvalue weighted by Gasteiger charge is 2.32. The maximum atomic E-state index is 13.0. The van der Waals surface area contributed by atoms with Crippen LogP contribution >= 0.6 is 11.6 Å². The van der Waals surface area contributed by atoms with E-state index in [1.165, 1.54) is 0 Å². The number of fused-ring (bicyclic) bond motifs is 1. The van der Waals surface area contributed by atoms with Crippen molar-refractivity contribution in [3.8, 4) is 6.07 Å². The molecule has 7 nitrogen and oxygen atoms in total. The molecule has 0 unspecified atom stereocenters. The van der Waals surface area contributed by atoms with Crippen molar-refractivity contribution in [2.75, 3.05) is 0 Å². The Morgan fingerprint density at radius 3 is 2.47 bits per heavy atom. The fourth-order valence-electron chi connectivity index (χ4n) is 3.21. The Kier molecular flexibility index (Phi) is 5.81. The van der Waals surface area contributed by atoms with E-state index in [4.69, 9.17) is 22.6 Å². The number of amides is 2. The lowest BCUT2D eigenvalue weighted by molar-refractivity contribution is -0.122. The third kappa shape index (κ3) is 4.44. The van der Waals surface area contributed by atoms with Crippen molar-refractivity contribution in [3.63, 3.8) is 0 Å². The van der Waals surface area contributed by atoms with Crippen LogP contribution in [0.15, 0.2) is 42.5 Å². The van der Waals surface area contributed by atoms with E-state index in [2.05, 4.69) is 16.5 Å². The molecule has 0 saturated carbocycles. The van der Waals surface area contributed by atoms with Gasteiger partial charge in [-0.2, -0.15) is 10.4 Å². The van der Waals surface area contributed by atoms with Gasteiger partial charge in [0.2, 0.25) is 5.91 Å². The number of carbonyl (C=O) groups is 2. The van der Waals surface area contributed by atoms with Crippen molar-refractivity contribution in [1.82, 2.24) is 15.1 Å². The molecule has 1 heterocycles. The van der Waals surface area contributed by atoms with Gasteiger partial charge in [0.05, 0.1) is 23.7 Å². The molecule has 154 valence electrons. The van der Waals surface area contributed by atoms with Crippen LogP contribution in [0.2, 0.25) is 5.02 Å². The van der Waals surface area contributed by atoms with Crippen LogP contribution in [0.4, 0.5) is 0 Å². The molecule has 3 aromatic rings. The van der Waals surface area contributed by atoms with Crippen LogP contribution in [-0.4, -0.2) is 27.6 Å². The quantitative estimate of drug-likeness (QED) is 0.655. The molecule has 2 aromatic carbocycles. The number of nitriles is 1. The van der Waals surface area contributed by atoms with Crippen molar-refractivity contribution in [2.45, 2.75) is 33.4 Å². The second-order valence-electron chi connectivity index (χ2n) is 8.15. The predicted molar refractivity (Wildman–Crippen MR) is 115 cm³/mol. The molecule has 0 fully saturated rings. The van der Waals surface area contributed by atoms with E-state index in [9.17, 15) is 9.59 Å². The lowest BCUT2D eigenvalue weighted by atomic mass is 9.86. The van der Waals surface area contributed by atoms with Gasteiger partial charge in [-0.05, 0) is 41.3 Å². The van der Waals surface area contributed by atoms with Gasteiger partial charge >= 0.3 is 0 Å². The Labute approximate surface area is 179 Å². The number of nitrogens with zero attached hydrogens (tertiary/aromatic N) is 3. The van der Waals surface area contributed by atoms with E-state index >= 15 is 0 Å². The highest BCUT2D eigenvalue weighted by Crippen LogP contribution is 2.25. The summed E-state index contributed by atoms with van der Waals surface area (Å²) in [4.78, 5) is 24.9. The first-order chi connectivity index (χ1) is 14.1. The van der Waals surface area contributed by atoms with Gasteiger partial charge in [0.25, 0.3) is 5.91 Å². The number of aromatic nitrogens is 2.